The van der Waals surface area contributed by atoms with E-state index in [2.05, 4.69) is 11.8 Å². The Kier molecular flexibility index (Phi) is 9.86. The molecule has 2 heteroatoms. The fraction of sp³-hybridized carbons (Fsp3) is 0.800. The van der Waals surface area contributed by atoms with Crippen molar-refractivity contribution in [3.05, 3.63) is 6.92 Å². The predicted octanol–water partition coefficient (Wildman–Crippen LogP) is 0.124. The van der Waals surface area contributed by atoms with E-state index in [1.54, 1.807) is 0 Å². The van der Waals surface area contributed by atoms with Crippen molar-refractivity contribution < 1.29 is 0 Å². The first-order valence-corrected chi connectivity index (χ1v) is 2.21. The van der Waals surface area contributed by atoms with Crippen molar-refractivity contribution in [2.75, 3.05) is 20.6 Å². The van der Waals surface area contributed by atoms with Crippen LogP contribution in [0.2, 0.25) is 0 Å². The van der Waals surface area contributed by atoms with E-state index in [0.717, 1.165) is 13.0 Å². The summed E-state index contributed by atoms with van der Waals surface area (Å²) in [6.07, 6.45) is 1.01. The van der Waals surface area contributed by atoms with Gasteiger partial charge in [0.2, 0.25) is 0 Å². The summed E-state index contributed by atoms with van der Waals surface area (Å²) in [5, 5.41) is 0. The summed E-state index contributed by atoms with van der Waals surface area (Å²) >= 11 is 0. The summed E-state index contributed by atoms with van der Waals surface area (Å²) in [5.41, 5.74) is 0. The van der Waals surface area contributed by atoms with E-state index in [1.807, 2.05) is 14.1 Å². The minimum absolute atomic E-state index is 0. The molecule has 0 bridgehead atoms. The molecule has 1 radical (unpaired) electrons. The van der Waals surface area contributed by atoms with Crippen LogP contribution in [0.25, 0.3) is 0 Å². The first kappa shape index (κ1) is 10.5. The van der Waals surface area contributed by atoms with Crippen LogP contribution >= 0.6 is 0 Å². The molecule has 0 atom stereocenters. The van der Waals surface area contributed by atoms with Crippen LogP contribution in [0, 0.1) is 6.92 Å². The third-order valence-electron chi connectivity index (χ3n) is 0.605. The molecule has 0 aliphatic carbocycles. The first-order valence-electron chi connectivity index (χ1n) is 2.21. The normalized spacial score (nSPS) is 8.57. The Bertz CT molecular complexity index is 29.3. The van der Waals surface area contributed by atoms with E-state index >= 15 is 0 Å². The van der Waals surface area contributed by atoms with Crippen molar-refractivity contribution in [2.45, 2.75) is 6.42 Å². The van der Waals surface area contributed by atoms with Gasteiger partial charge < -0.3 is 4.90 Å². The molecule has 0 aromatic heterocycles. The van der Waals surface area contributed by atoms with Crippen LogP contribution in [0.15, 0.2) is 0 Å². The minimum atomic E-state index is 0. The predicted molar refractivity (Wildman–Crippen MR) is 35.7 cm³/mol. The van der Waals surface area contributed by atoms with Crippen LogP contribution in [0.5, 0.6) is 0 Å². The van der Waals surface area contributed by atoms with Gasteiger partial charge in [-0.15, -0.1) is 0 Å². The molecule has 0 saturated heterocycles. The Morgan fingerprint density at radius 1 is 1.43 bits per heavy atom. The zero-order chi connectivity index (χ0) is 4.99. The first-order chi connectivity index (χ1) is 2.77. The Hall–Kier alpha value is 0.557. The van der Waals surface area contributed by atoms with Crippen molar-refractivity contribution in [1.29, 1.82) is 0 Å². The fourth-order valence-electron chi connectivity index (χ4n) is 0.316. The molecule has 0 heterocycles. The molecule has 0 rings (SSSR count). The molecule has 0 spiro atoms. The van der Waals surface area contributed by atoms with Crippen LogP contribution in [0.1, 0.15) is 6.42 Å². The monoisotopic (exact) mass is 94.1 g/mol. The second-order valence-corrected chi connectivity index (χ2v) is 1.66. The molecule has 0 fully saturated rings. The summed E-state index contributed by atoms with van der Waals surface area (Å²) in [6, 6.07) is 0. The van der Waals surface area contributed by atoms with Crippen molar-refractivity contribution in [1.82, 2.24) is 4.90 Å². The van der Waals surface area contributed by atoms with Crippen molar-refractivity contribution in [2.24, 2.45) is 0 Å². The van der Waals surface area contributed by atoms with Crippen LogP contribution < -0.4 is 0 Å². The molecule has 39 valence electrons. The Morgan fingerprint density at radius 2 is 1.86 bits per heavy atom. The van der Waals surface area contributed by atoms with Crippen LogP contribution in [0.4, 0.5) is 0 Å². The number of nitrogens with zero attached hydrogens (tertiary/aromatic N) is 1. The second-order valence-electron chi connectivity index (χ2n) is 1.66. The topological polar surface area (TPSA) is 3.24 Å². The second kappa shape index (κ2) is 6.56. The van der Waals surface area contributed by atoms with Gasteiger partial charge in [0.1, 0.15) is 0 Å². The van der Waals surface area contributed by atoms with Gasteiger partial charge in [-0.3, -0.25) is 0 Å². The standard InChI is InChI=1S/C5H12N.Li.H/c1-4-5-6(2)3;;/h1,4-5H2,2-3H3;;. The Labute approximate surface area is 58.3 Å². The summed E-state index contributed by atoms with van der Waals surface area (Å²) < 4.78 is 0. The quantitative estimate of drug-likeness (QED) is 0.439. The fourth-order valence-corrected chi connectivity index (χ4v) is 0.316. The third kappa shape index (κ3) is 10.8. The number of hydrogen-bond donors (Lipinski definition) is 0. The van der Waals surface area contributed by atoms with E-state index in [4.69, 9.17) is 0 Å². The van der Waals surface area contributed by atoms with Gasteiger partial charge in [0.05, 0.1) is 0 Å². The Balaban J connectivity index is 0. The average Bonchev–Trinajstić information content (AvgIpc) is 1.35. The molecular formula is C5H13LiN. The summed E-state index contributed by atoms with van der Waals surface area (Å²) in [4.78, 5) is 2.12. The van der Waals surface area contributed by atoms with E-state index in [0.29, 0.717) is 0 Å². The molecule has 0 unspecified atom stereocenters. The van der Waals surface area contributed by atoms with Gasteiger partial charge in [-0.2, -0.15) is 0 Å². The van der Waals surface area contributed by atoms with Crippen molar-refractivity contribution in [3.63, 3.8) is 0 Å². The van der Waals surface area contributed by atoms with Gasteiger partial charge in [0.25, 0.3) is 0 Å². The SMILES string of the molecule is [CH2]CCN(C)C.[LiH]. The molecule has 0 N–H and O–H groups in total. The Morgan fingerprint density at radius 3 is 1.86 bits per heavy atom. The van der Waals surface area contributed by atoms with E-state index in [1.165, 1.54) is 0 Å². The molecule has 0 saturated carbocycles. The van der Waals surface area contributed by atoms with Crippen LogP contribution in [-0.2, 0) is 0 Å². The summed E-state index contributed by atoms with van der Waals surface area (Å²) in [6.45, 7) is 4.78. The summed E-state index contributed by atoms with van der Waals surface area (Å²) in [5.74, 6) is 0. The molecule has 0 aromatic carbocycles. The molecule has 0 amide bonds. The summed E-state index contributed by atoms with van der Waals surface area (Å²) in [7, 11) is 4.09. The third-order valence-corrected chi connectivity index (χ3v) is 0.605. The van der Waals surface area contributed by atoms with E-state index < -0.39 is 0 Å². The molecule has 7 heavy (non-hydrogen) atoms. The maximum atomic E-state index is 3.68. The average molecular weight is 94.1 g/mol. The molecule has 1 nitrogen and oxygen atoms in total. The maximum absolute atomic E-state index is 3.68. The number of hydrogen-bond acceptors (Lipinski definition) is 1. The van der Waals surface area contributed by atoms with Crippen molar-refractivity contribution >= 4 is 18.9 Å². The van der Waals surface area contributed by atoms with Gasteiger partial charge in [-0.25, -0.2) is 0 Å². The van der Waals surface area contributed by atoms with Gasteiger partial charge in [-0.1, -0.05) is 6.92 Å². The van der Waals surface area contributed by atoms with Gasteiger partial charge in [-0.05, 0) is 27.1 Å². The zero-order valence-corrected chi connectivity index (χ0v) is 4.57. The molecule has 0 aliphatic heterocycles. The van der Waals surface area contributed by atoms with Gasteiger partial charge in [0, 0.05) is 0 Å². The molecular weight excluding hydrogens is 81.0 g/mol. The van der Waals surface area contributed by atoms with Gasteiger partial charge in [0.15, 0.2) is 0 Å². The molecule has 0 aromatic rings. The van der Waals surface area contributed by atoms with Crippen molar-refractivity contribution in [3.8, 4) is 0 Å². The van der Waals surface area contributed by atoms with E-state index in [-0.39, 0.29) is 18.9 Å². The van der Waals surface area contributed by atoms with Crippen LogP contribution in [0.3, 0.4) is 0 Å². The van der Waals surface area contributed by atoms with Gasteiger partial charge >= 0.3 is 18.9 Å². The zero-order valence-electron chi connectivity index (χ0n) is 4.57. The van der Waals surface area contributed by atoms with E-state index in [9.17, 15) is 0 Å². The van der Waals surface area contributed by atoms with Crippen LogP contribution in [-0.4, -0.2) is 44.4 Å². The number of rotatable bonds is 2. The molecule has 0 aliphatic rings.